The summed E-state index contributed by atoms with van der Waals surface area (Å²) >= 11 is 0. The third kappa shape index (κ3) is 6.80. The highest BCUT2D eigenvalue weighted by molar-refractivity contribution is 5.68. The first kappa shape index (κ1) is 17.0. The number of carbonyl (C=O) groups is 1. The molecule has 1 aromatic rings. The number of rotatable bonds is 3. The van der Waals surface area contributed by atoms with Crippen molar-refractivity contribution in [1.82, 2.24) is 5.32 Å². The van der Waals surface area contributed by atoms with E-state index in [0.717, 1.165) is 0 Å². The van der Waals surface area contributed by atoms with Crippen molar-refractivity contribution in [2.45, 2.75) is 39.6 Å². The lowest BCUT2D eigenvalue weighted by Crippen LogP contribution is -2.32. The fourth-order valence-corrected chi connectivity index (χ4v) is 1.59. The lowest BCUT2D eigenvalue weighted by atomic mass is 10.1. The van der Waals surface area contributed by atoms with Crippen LogP contribution in [0.5, 0.6) is 0 Å². The van der Waals surface area contributed by atoms with Crippen molar-refractivity contribution in [2.75, 3.05) is 6.54 Å². The average Bonchev–Trinajstić information content (AvgIpc) is 2.41. The first-order chi connectivity index (χ1) is 9.84. The second kappa shape index (κ2) is 7.67. The Morgan fingerprint density at radius 2 is 1.76 bits per heavy atom. The van der Waals surface area contributed by atoms with Crippen LogP contribution in [0.4, 0.5) is 4.79 Å². The van der Waals surface area contributed by atoms with Crippen molar-refractivity contribution in [3.05, 3.63) is 34.9 Å². The van der Waals surface area contributed by atoms with E-state index in [-0.39, 0.29) is 19.8 Å². The normalized spacial score (nSPS) is 10.5. The summed E-state index contributed by atoms with van der Waals surface area (Å²) in [7, 11) is 0. The van der Waals surface area contributed by atoms with Crippen LogP contribution in [0.2, 0.25) is 0 Å². The zero-order valence-corrected chi connectivity index (χ0v) is 12.6. The summed E-state index contributed by atoms with van der Waals surface area (Å²) in [6.45, 7) is 5.29. The summed E-state index contributed by atoms with van der Waals surface area (Å²) in [4.78, 5) is 11.4. The van der Waals surface area contributed by atoms with Gasteiger partial charge in [-0.25, -0.2) is 4.79 Å². The molecule has 0 aliphatic heterocycles. The second-order valence-corrected chi connectivity index (χ2v) is 5.51. The molecule has 1 amide bonds. The SMILES string of the molecule is CC(C)(C)OC(=O)NCC#Cc1cc(CO)cc(CO)c1. The second-order valence-electron chi connectivity index (χ2n) is 5.51. The van der Waals surface area contributed by atoms with E-state index < -0.39 is 11.7 Å². The predicted octanol–water partition coefficient (Wildman–Crippen LogP) is 1.55. The predicted molar refractivity (Wildman–Crippen MR) is 79.4 cm³/mol. The third-order valence-electron chi connectivity index (χ3n) is 2.37. The molecule has 1 aromatic carbocycles. The monoisotopic (exact) mass is 291 g/mol. The summed E-state index contributed by atoms with van der Waals surface area (Å²) in [6.07, 6.45) is -0.517. The van der Waals surface area contributed by atoms with E-state index in [1.54, 1.807) is 39.0 Å². The first-order valence-electron chi connectivity index (χ1n) is 6.64. The van der Waals surface area contributed by atoms with Gasteiger partial charge >= 0.3 is 6.09 Å². The number of amides is 1. The van der Waals surface area contributed by atoms with Crippen LogP contribution in [-0.4, -0.2) is 28.5 Å². The quantitative estimate of drug-likeness (QED) is 0.738. The van der Waals surface area contributed by atoms with Crippen molar-refractivity contribution in [3.63, 3.8) is 0 Å². The van der Waals surface area contributed by atoms with Crippen LogP contribution in [-0.2, 0) is 18.0 Å². The Balaban J connectivity index is 2.61. The topological polar surface area (TPSA) is 78.8 Å². The molecule has 114 valence electrons. The fourth-order valence-electron chi connectivity index (χ4n) is 1.59. The van der Waals surface area contributed by atoms with Gasteiger partial charge in [0.05, 0.1) is 19.8 Å². The molecule has 0 radical (unpaired) electrons. The zero-order chi connectivity index (χ0) is 15.9. The minimum absolute atomic E-state index is 0.112. The number of carbonyl (C=O) groups excluding carboxylic acids is 1. The van der Waals surface area contributed by atoms with Crippen LogP contribution in [0.1, 0.15) is 37.5 Å². The Labute approximate surface area is 124 Å². The molecule has 5 nitrogen and oxygen atoms in total. The lowest BCUT2D eigenvalue weighted by molar-refractivity contribution is 0.0535. The van der Waals surface area contributed by atoms with Crippen LogP contribution in [0, 0.1) is 11.8 Å². The number of benzene rings is 1. The molecule has 0 aliphatic carbocycles. The number of hydrogen-bond acceptors (Lipinski definition) is 4. The molecular weight excluding hydrogens is 270 g/mol. The third-order valence-corrected chi connectivity index (χ3v) is 2.37. The van der Waals surface area contributed by atoms with Gasteiger partial charge in [-0.15, -0.1) is 0 Å². The molecule has 1 rings (SSSR count). The van der Waals surface area contributed by atoms with Crippen LogP contribution < -0.4 is 5.32 Å². The Hall–Kier alpha value is -2.03. The van der Waals surface area contributed by atoms with Gasteiger partial charge < -0.3 is 20.3 Å². The molecule has 0 aliphatic rings. The van der Waals surface area contributed by atoms with E-state index in [1.165, 1.54) is 0 Å². The number of nitrogens with one attached hydrogen (secondary N) is 1. The van der Waals surface area contributed by atoms with Gasteiger partial charge in [0.25, 0.3) is 0 Å². The van der Waals surface area contributed by atoms with Crippen molar-refractivity contribution in [1.29, 1.82) is 0 Å². The molecule has 0 fully saturated rings. The molecule has 0 aromatic heterocycles. The number of alkyl carbamates (subject to hydrolysis) is 1. The highest BCUT2D eigenvalue weighted by atomic mass is 16.6. The van der Waals surface area contributed by atoms with Crippen molar-refractivity contribution in [2.24, 2.45) is 0 Å². The molecule has 0 atom stereocenters. The average molecular weight is 291 g/mol. The van der Waals surface area contributed by atoms with E-state index in [9.17, 15) is 4.79 Å². The molecule has 0 saturated heterocycles. The smallest absolute Gasteiger partial charge is 0.408 e. The molecule has 3 N–H and O–H groups in total. The molecule has 21 heavy (non-hydrogen) atoms. The van der Waals surface area contributed by atoms with E-state index in [4.69, 9.17) is 14.9 Å². The maximum atomic E-state index is 11.4. The van der Waals surface area contributed by atoms with Gasteiger partial charge in [-0.05, 0) is 44.0 Å². The van der Waals surface area contributed by atoms with Gasteiger partial charge in [0, 0.05) is 5.56 Å². The van der Waals surface area contributed by atoms with Crippen molar-refractivity contribution < 1.29 is 19.7 Å². The Bertz CT molecular complexity index is 527. The molecule has 5 heteroatoms. The minimum atomic E-state index is -0.539. The Kier molecular flexibility index (Phi) is 6.22. The lowest BCUT2D eigenvalue weighted by Gasteiger charge is -2.19. The summed E-state index contributed by atoms with van der Waals surface area (Å²) < 4.78 is 5.08. The molecule has 0 bridgehead atoms. The van der Waals surface area contributed by atoms with Gasteiger partial charge in [0.15, 0.2) is 0 Å². The largest absolute Gasteiger partial charge is 0.444 e. The Morgan fingerprint density at radius 1 is 1.19 bits per heavy atom. The highest BCUT2D eigenvalue weighted by Crippen LogP contribution is 2.10. The Morgan fingerprint density at radius 3 is 2.24 bits per heavy atom. The number of hydrogen-bond donors (Lipinski definition) is 3. The summed E-state index contributed by atoms with van der Waals surface area (Å²) in [5.41, 5.74) is 1.51. The van der Waals surface area contributed by atoms with E-state index >= 15 is 0 Å². The summed E-state index contributed by atoms with van der Waals surface area (Å²) in [5.74, 6) is 5.67. The van der Waals surface area contributed by atoms with Crippen LogP contribution in [0.25, 0.3) is 0 Å². The van der Waals surface area contributed by atoms with Gasteiger partial charge in [-0.1, -0.05) is 17.9 Å². The first-order valence-corrected chi connectivity index (χ1v) is 6.64. The molecule has 0 saturated carbocycles. The minimum Gasteiger partial charge on any atom is -0.444 e. The van der Waals surface area contributed by atoms with Gasteiger partial charge in [-0.3, -0.25) is 0 Å². The maximum absolute atomic E-state index is 11.4. The number of aliphatic hydroxyl groups excluding tert-OH is 2. The van der Waals surface area contributed by atoms with Crippen molar-refractivity contribution >= 4 is 6.09 Å². The molecule has 0 spiro atoms. The van der Waals surface area contributed by atoms with E-state index in [0.29, 0.717) is 16.7 Å². The van der Waals surface area contributed by atoms with Crippen LogP contribution >= 0.6 is 0 Å². The molecular formula is C16H21NO4. The van der Waals surface area contributed by atoms with E-state index in [2.05, 4.69) is 17.2 Å². The summed E-state index contributed by atoms with van der Waals surface area (Å²) in [5, 5.41) is 20.8. The van der Waals surface area contributed by atoms with Crippen LogP contribution in [0.15, 0.2) is 18.2 Å². The number of aliphatic hydroxyl groups is 2. The highest BCUT2D eigenvalue weighted by Gasteiger charge is 2.14. The van der Waals surface area contributed by atoms with Crippen molar-refractivity contribution in [3.8, 4) is 11.8 Å². The maximum Gasteiger partial charge on any atom is 0.408 e. The van der Waals surface area contributed by atoms with Gasteiger partial charge in [-0.2, -0.15) is 0 Å². The standard InChI is InChI=1S/C16H21NO4/c1-16(2,3)21-15(20)17-6-4-5-12-7-13(10-18)9-14(8-12)11-19/h7-9,18-19H,6,10-11H2,1-3H3,(H,17,20). The summed E-state index contributed by atoms with van der Waals surface area (Å²) in [6, 6.07) is 5.18. The van der Waals surface area contributed by atoms with Gasteiger partial charge in [0.2, 0.25) is 0 Å². The zero-order valence-electron chi connectivity index (χ0n) is 12.6. The van der Waals surface area contributed by atoms with Crippen LogP contribution in [0.3, 0.4) is 0 Å². The number of ether oxygens (including phenoxy) is 1. The van der Waals surface area contributed by atoms with E-state index in [1.807, 2.05) is 0 Å². The molecule has 0 heterocycles. The fraction of sp³-hybridized carbons (Fsp3) is 0.438. The molecule has 0 unspecified atom stereocenters. The van der Waals surface area contributed by atoms with Gasteiger partial charge in [0.1, 0.15) is 5.60 Å².